The lowest BCUT2D eigenvalue weighted by molar-refractivity contribution is 0.286. The molecule has 0 aliphatic rings. The van der Waals surface area contributed by atoms with Crippen molar-refractivity contribution in [2.75, 3.05) is 26.1 Å². The fourth-order valence-corrected chi connectivity index (χ4v) is 3.05. The van der Waals surface area contributed by atoms with Crippen molar-refractivity contribution in [2.24, 2.45) is 0 Å². The van der Waals surface area contributed by atoms with Crippen LogP contribution in [0.1, 0.15) is 6.92 Å². The first kappa shape index (κ1) is 19.7. The number of thiocarbonyl (C=S) groups is 1. The van der Waals surface area contributed by atoms with Crippen LogP contribution in [0, 0.1) is 0 Å². The maximum atomic E-state index is 5.79. The van der Waals surface area contributed by atoms with Gasteiger partial charge < -0.3 is 24.8 Å². The van der Waals surface area contributed by atoms with Crippen molar-refractivity contribution in [3.05, 3.63) is 54.7 Å². The zero-order valence-corrected chi connectivity index (χ0v) is 16.9. The van der Waals surface area contributed by atoms with Gasteiger partial charge in [-0.15, -0.1) is 0 Å². The number of hydrogen-bond acceptors (Lipinski definition) is 5. The molecule has 0 aliphatic carbocycles. The summed E-state index contributed by atoms with van der Waals surface area (Å²) in [5, 5.41) is 7.92. The highest BCUT2D eigenvalue weighted by molar-refractivity contribution is 7.80. The lowest BCUT2D eigenvalue weighted by Gasteiger charge is -2.18. The van der Waals surface area contributed by atoms with Gasteiger partial charge in [-0.05, 0) is 67.7 Å². The summed E-state index contributed by atoms with van der Waals surface area (Å²) in [6, 6.07) is 15.2. The van der Waals surface area contributed by atoms with Crippen molar-refractivity contribution < 1.29 is 14.2 Å². The molecule has 7 heteroatoms. The molecule has 0 saturated heterocycles. The van der Waals surface area contributed by atoms with Crippen molar-refractivity contribution in [1.29, 1.82) is 0 Å². The standard InChI is InChI=1S/C21H23N3O3S/c1-14(13-27-16-8-6-15(25-2)7-9-16)23-21(28)24-18-10-11-19(26-3)20-17(18)5-4-12-22-20/h4-12,14H,13H2,1-3H3,(H2,23,24,28)/t14-/m0/s1. The van der Waals surface area contributed by atoms with Crippen molar-refractivity contribution in [3.63, 3.8) is 0 Å². The van der Waals surface area contributed by atoms with Crippen molar-refractivity contribution in [3.8, 4) is 17.2 Å². The highest BCUT2D eigenvalue weighted by Crippen LogP contribution is 2.29. The third kappa shape index (κ3) is 4.80. The zero-order valence-electron chi connectivity index (χ0n) is 16.1. The molecule has 1 atom stereocenters. The first-order chi connectivity index (χ1) is 13.6. The number of pyridine rings is 1. The van der Waals surface area contributed by atoms with E-state index in [9.17, 15) is 0 Å². The van der Waals surface area contributed by atoms with Crippen LogP contribution in [-0.4, -0.2) is 37.0 Å². The fourth-order valence-electron chi connectivity index (χ4n) is 2.74. The fraction of sp³-hybridized carbons (Fsp3) is 0.238. The summed E-state index contributed by atoms with van der Waals surface area (Å²) < 4.78 is 16.3. The minimum atomic E-state index is 0.0183. The van der Waals surface area contributed by atoms with Gasteiger partial charge in [0.1, 0.15) is 29.4 Å². The second-order valence-corrected chi connectivity index (χ2v) is 6.61. The first-order valence-electron chi connectivity index (χ1n) is 8.87. The molecule has 28 heavy (non-hydrogen) atoms. The van der Waals surface area contributed by atoms with E-state index in [1.54, 1.807) is 20.4 Å². The molecule has 0 bridgehead atoms. The van der Waals surface area contributed by atoms with Gasteiger partial charge in [-0.3, -0.25) is 4.98 Å². The van der Waals surface area contributed by atoms with Gasteiger partial charge in [-0.1, -0.05) is 0 Å². The highest BCUT2D eigenvalue weighted by atomic mass is 32.1. The Labute approximate surface area is 169 Å². The van der Waals surface area contributed by atoms with E-state index in [1.165, 1.54) is 0 Å². The average molecular weight is 398 g/mol. The molecule has 0 amide bonds. The third-order valence-corrected chi connectivity index (χ3v) is 4.36. The smallest absolute Gasteiger partial charge is 0.171 e. The van der Waals surface area contributed by atoms with Gasteiger partial charge >= 0.3 is 0 Å². The Balaban J connectivity index is 1.58. The molecule has 0 saturated carbocycles. The van der Waals surface area contributed by atoms with Crippen LogP contribution < -0.4 is 24.8 Å². The predicted octanol–water partition coefficient (Wildman–Crippen LogP) is 4.01. The number of benzene rings is 2. The number of aromatic nitrogens is 1. The van der Waals surface area contributed by atoms with Crippen molar-refractivity contribution >= 4 is 33.9 Å². The average Bonchev–Trinajstić information content (AvgIpc) is 2.73. The Morgan fingerprint density at radius 3 is 2.50 bits per heavy atom. The van der Waals surface area contributed by atoms with Gasteiger partial charge in [0.05, 0.1) is 20.3 Å². The summed E-state index contributed by atoms with van der Waals surface area (Å²) in [5.74, 6) is 2.30. The number of ether oxygens (including phenoxy) is 3. The van der Waals surface area contributed by atoms with Gasteiger partial charge in [0.15, 0.2) is 5.11 Å². The molecule has 0 fully saturated rings. The van der Waals surface area contributed by atoms with Crippen LogP contribution in [0.3, 0.4) is 0 Å². The minimum absolute atomic E-state index is 0.0183. The van der Waals surface area contributed by atoms with E-state index >= 15 is 0 Å². The van der Waals surface area contributed by atoms with Gasteiger partial charge in [0.25, 0.3) is 0 Å². The molecule has 0 radical (unpaired) electrons. The van der Waals surface area contributed by atoms with Crippen LogP contribution >= 0.6 is 12.2 Å². The third-order valence-electron chi connectivity index (χ3n) is 4.14. The van der Waals surface area contributed by atoms with Crippen molar-refractivity contribution in [2.45, 2.75) is 13.0 Å². The molecule has 1 heterocycles. The molecule has 0 unspecified atom stereocenters. The normalized spacial score (nSPS) is 11.5. The van der Waals surface area contributed by atoms with E-state index in [2.05, 4.69) is 15.6 Å². The van der Waals surface area contributed by atoms with Gasteiger partial charge in [0, 0.05) is 17.3 Å². The lowest BCUT2D eigenvalue weighted by Crippen LogP contribution is -2.39. The number of nitrogens with one attached hydrogen (secondary N) is 2. The van der Waals surface area contributed by atoms with Gasteiger partial charge in [0.2, 0.25) is 0 Å². The van der Waals surface area contributed by atoms with E-state index in [-0.39, 0.29) is 6.04 Å². The van der Waals surface area contributed by atoms with Crippen LogP contribution in [-0.2, 0) is 0 Å². The second kappa shape index (κ2) is 9.23. The Morgan fingerprint density at radius 1 is 1.04 bits per heavy atom. The van der Waals surface area contributed by atoms with Crippen molar-refractivity contribution in [1.82, 2.24) is 10.3 Å². The summed E-state index contributed by atoms with van der Waals surface area (Å²) in [6.07, 6.45) is 1.74. The van der Waals surface area contributed by atoms with Gasteiger partial charge in [-0.2, -0.15) is 0 Å². The monoisotopic (exact) mass is 397 g/mol. The summed E-state index contributed by atoms with van der Waals surface area (Å²) in [5.41, 5.74) is 1.65. The summed E-state index contributed by atoms with van der Waals surface area (Å²) in [7, 11) is 3.27. The molecule has 2 aromatic carbocycles. The maximum Gasteiger partial charge on any atom is 0.171 e. The Morgan fingerprint density at radius 2 is 1.79 bits per heavy atom. The number of nitrogens with zero attached hydrogens (tertiary/aromatic N) is 1. The molecule has 146 valence electrons. The zero-order chi connectivity index (χ0) is 19.9. The SMILES string of the molecule is COc1ccc(OC[C@H](C)NC(=S)Nc2ccc(OC)c3ncccc23)cc1. The van der Waals surface area contributed by atoms with E-state index < -0.39 is 0 Å². The number of fused-ring (bicyclic) bond motifs is 1. The van der Waals surface area contributed by atoms with E-state index in [0.717, 1.165) is 33.8 Å². The maximum absolute atomic E-state index is 5.79. The largest absolute Gasteiger partial charge is 0.497 e. The topological polar surface area (TPSA) is 64.6 Å². The number of anilines is 1. The van der Waals surface area contributed by atoms with Crippen LogP contribution in [0.2, 0.25) is 0 Å². The molecule has 0 aliphatic heterocycles. The Bertz CT molecular complexity index is 947. The summed E-state index contributed by atoms with van der Waals surface area (Å²) in [4.78, 5) is 4.40. The van der Waals surface area contributed by atoms with Crippen LogP contribution in [0.5, 0.6) is 17.2 Å². The molecule has 0 spiro atoms. The number of methoxy groups -OCH3 is 2. The first-order valence-corrected chi connectivity index (χ1v) is 9.27. The molecular weight excluding hydrogens is 374 g/mol. The van der Waals surface area contributed by atoms with E-state index in [0.29, 0.717) is 11.7 Å². The molecule has 3 rings (SSSR count). The van der Waals surface area contributed by atoms with Gasteiger partial charge in [-0.25, -0.2) is 0 Å². The number of hydrogen-bond donors (Lipinski definition) is 2. The van der Waals surface area contributed by atoms with E-state index in [1.807, 2.05) is 55.5 Å². The lowest BCUT2D eigenvalue weighted by atomic mass is 10.1. The molecule has 1 aromatic heterocycles. The second-order valence-electron chi connectivity index (χ2n) is 6.20. The summed E-state index contributed by atoms with van der Waals surface area (Å²) >= 11 is 5.45. The van der Waals surface area contributed by atoms with Crippen LogP contribution in [0.15, 0.2) is 54.7 Å². The summed E-state index contributed by atoms with van der Waals surface area (Å²) in [6.45, 7) is 2.48. The molecular formula is C21H23N3O3S. The molecule has 2 N–H and O–H groups in total. The highest BCUT2D eigenvalue weighted by Gasteiger charge is 2.10. The Hall–Kier alpha value is -3.06. The predicted molar refractivity (Wildman–Crippen MR) is 116 cm³/mol. The number of rotatable bonds is 7. The quantitative estimate of drug-likeness (QED) is 0.584. The van der Waals surface area contributed by atoms with Crippen LogP contribution in [0.25, 0.3) is 10.9 Å². The van der Waals surface area contributed by atoms with Crippen LogP contribution in [0.4, 0.5) is 5.69 Å². The van der Waals surface area contributed by atoms with E-state index in [4.69, 9.17) is 26.4 Å². The molecule has 3 aromatic rings. The molecule has 6 nitrogen and oxygen atoms in total. The Kier molecular flexibility index (Phi) is 6.49. The minimum Gasteiger partial charge on any atom is -0.497 e.